The first-order valence-electron chi connectivity index (χ1n) is 4.07. The summed E-state index contributed by atoms with van der Waals surface area (Å²) in [5.41, 5.74) is 5.09. The van der Waals surface area contributed by atoms with Gasteiger partial charge in [-0.3, -0.25) is 4.79 Å². The summed E-state index contributed by atoms with van der Waals surface area (Å²) in [6, 6.07) is 1.32. The van der Waals surface area contributed by atoms with Gasteiger partial charge >= 0.3 is 5.97 Å². The minimum absolute atomic E-state index is 0.211. The topological polar surface area (TPSA) is 103 Å². The number of aromatic nitrogens is 1. The van der Waals surface area contributed by atoms with Crippen LogP contribution in [0, 0.1) is 0 Å². The summed E-state index contributed by atoms with van der Waals surface area (Å²) in [6.07, 6.45) is 1.36. The van der Waals surface area contributed by atoms with Gasteiger partial charge in [0.1, 0.15) is 5.69 Å². The smallest absolute Gasteiger partial charge is 0.338 e. The Morgan fingerprint density at radius 1 is 1.60 bits per heavy atom. The molecule has 0 aliphatic carbocycles. The zero-order valence-electron chi connectivity index (χ0n) is 8.06. The van der Waals surface area contributed by atoms with Crippen LogP contribution < -0.4 is 5.73 Å². The number of carboxylic acid groups (broad SMARTS) is 1. The summed E-state index contributed by atoms with van der Waals surface area (Å²) in [7, 11) is 1.47. The molecule has 1 aromatic rings. The Kier molecular flexibility index (Phi) is 3.35. The summed E-state index contributed by atoms with van der Waals surface area (Å²) in [5.74, 6) is -2.11. The molecular weight excluding hydrogens is 200 g/mol. The van der Waals surface area contributed by atoms with Gasteiger partial charge < -0.3 is 15.6 Å². The van der Waals surface area contributed by atoms with E-state index in [-0.39, 0.29) is 17.9 Å². The molecule has 0 atom stereocenters. The van der Waals surface area contributed by atoms with Gasteiger partial charge in [-0.25, -0.2) is 9.78 Å². The molecule has 0 saturated heterocycles. The Hall–Kier alpha value is -1.95. The second kappa shape index (κ2) is 4.52. The third-order valence-electron chi connectivity index (χ3n) is 1.72. The first kappa shape index (κ1) is 11.1. The second-order valence-electron chi connectivity index (χ2n) is 2.84. The van der Waals surface area contributed by atoms with E-state index in [1.54, 1.807) is 0 Å². The highest BCUT2D eigenvalue weighted by atomic mass is 16.5. The van der Waals surface area contributed by atoms with E-state index >= 15 is 0 Å². The lowest BCUT2D eigenvalue weighted by molar-refractivity contribution is 0.0690. The molecule has 80 valence electrons. The van der Waals surface area contributed by atoms with Crippen molar-refractivity contribution in [3.05, 3.63) is 29.1 Å². The van der Waals surface area contributed by atoms with E-state index in [4.69, 9.17) is 15.6 Å². The molecule has 0 radical (unpaired) electrons. The number of hydrogen-bond donors (Lipinski definition) is 2. The van der Waals surface area contributed by atoms with Gasteiger partial charge in [0, 0.05) is 13.3 Å². The highest BCUT2D eigenvalue weighted by molar-refractivity contribution is 6.02. The Balaban J connectivity index is 3.21. The zero-order chi connectivity index (χ0) is 11.4. The number of ether oxygens (including phenoxy) is 1. The van der Waals surface area contributed by atoms with Gasteiger partial charge in [0.2, 0.25) is 0 Å². The molecule has 0 aliphatic rings. The fourth-order valence-corrected chi connectivity index (χ4v) is 1.11. The summed E-state index contributed by atoms with van der Waals surface area (Å²) in [6.45, 7) is 0.228. The van der Waals surface area contributed by atoms with Crippen LogP contribution in [0.4, 0.5) is 0 Å². The molecule has 15 heavy (non-hydrogen) atoms. The standard InChI is InChI=1S/C9H10N2O4/c1-15-4-5-2-6(9(13)14)7(8(10)12)11-3-5/h2-3H,4H2,1H3,(H2,10,12)(H,13,14). The zero-order valence-corrected chi connectivity index (χ0v) is 8.06. The van der Waals surface area contributed by atoms with Gasteiger partial charge in [-0.1, -0.05) is 0 Å². The number of pyridine rings is 1. The van der Waals surface area contributed by atoms with E-state index < -0.39 is 11.9 Å². The number of carbonyl (C=O) groups is 2. The lowest BCUT2D eigenvalue weighted by Gasteiger charge is -2.04. The van der Waals surface area contributed by atoms with Gasteiger partial charge in [0.05, 0.1) is 12.2 Å². The monoisotopic (exact) mass is 210 g/mol. The molecule has 0 aromatic carbocycles. The summed E-state index contributed by atoms with van der Waals surface area (Å²) in [4.78, 5) is 25.3. The number of primary amides is 1. The minimum atomic E-state index is -1.24. The molecule has 1 aromatic heterocycles. The largest absolute Gasteiger partial charge is 0.478 e. The van der Waals surface area contributed by atoms with E-state index in [1.807, 2.05) is 0 Å². The maximum absolute atomic E-state index is 10.9. The number of hydrogen-bond acceptors (Lipinski definition) is 4. The number of nitrogens with two attached hydrogens (primary N) is 1. The normalized spacial score (nSPS) is 9.93. The van der Waals surface area contributed by atoms with Crippen molar-refractivity contribution in [1.29, 1.82) is 0 Å². The van der Waals surface area contributed by atoms with Gasteiger partial charge in [0.15, 0.2) is 0 Å². The molecule has 3 N–H and O–H groups in total. The predicted octanol–water partition coefficient (Wildman–Crippen LogP) is 0.0251. The van der Waals surface area contributed by atoms with Gasteiger partial charge in [0.25, 0.3) is 5.91 Å². The van der Waals surface area contributed by atoms with Crippen LogP contribution in [0.25, 0.3) is 0 Å². The van der Waals surface area contributed by atoms with Crippen molar-refractivity contribution in [2.45, 2.75) is 6.61 Å². The Bertz CT molecular complexity index is 403. The maximum Gasteiger partial charge on any atom is 0.338 e. The Morgan fingerprint density at radius 2 is 2.27 bits per heavy atom. The van der Waals surface area contributed by atoms with Crippen LogP contribution in [0.5, 0.6) is 0 Å². The first-order valence-corrected chi connectivity index (χ1v) is 4.07. The van der Waals surface area contributed by atoms with Crippen molar-refractivity contribution in [3.63, 3.8) is 0 Å². The van der Waals surface area contributed by atoms with Crippen molar-refractivity contribution < 1.29 is 19.4 Å². The molecule has 1 rings (SSSR count). The molecule has 1 amide bonds. The molecule has 0 fully saturated rings. The van der Waals surface area contributed by atoms with E-state index in [9.17, 15) is 9.59 Å². The lowest BCUT2D eigenvalue weighted by Crippen LogP contribution is -2.18. The van der Waals surface area contributed by atoms with Crippen LogP contribution in [-0.4, -0.2) is 29.1 Å². The highest BCUT2D eigenvalue weighted by Gasteiger charge is 2.16. The number of carboxylic acids is 1. The predicted molar refractivity (Wildman–Crippen MR) is 50.4 cm³/mol. The number of amides is 1. The van der Waals surface area contributed by atoms with E-state index in [0.717, 1.165) is 0 Å². The SMILES string of the molecule is COCc1cnc(C(N)=O)c(C(=O)O)c1. The fourth-order valence-electron chi connectivity index (χ4n) is 1.11. The Labute approximate surface area is 85.7 Å². The quantitative estimate of drug-likeness (QED) is 0.729. The van der Waals surface area contributed by atoms with Crippen molar-refractivity contribution in [2.24, 2.45) is 5.73 Å². The van der Waals surface area contributed by atoms with Crippen LogP contribution in [0.15, 0.2) is 12.3 Å². The fraction of sp³-hybridized carbons (Fsp3) is 0.222. The van der Waals surface area contributed by atoms with Gasteiger partial charge in [-0.2, -0.15) is 0 Å². The summed E-state index contributed by atoms with van der Waals surface area (Å²) in [5, 5.41) is 8.82. The van der Waals surface area contributed by atoms with Crippen molar-refractivity contribution >= 4 is 11.9 Å². The van der Waals surface area contributed by atoms with E-state index in [2.05, 4.69) is 4.98 Å². The summed E-state index contributed by atoms with van der Waals surface area (Å²) < 4.78 is 4.81. The van der Waals surface area contributed by atoms with Crippen LogP contribution in [0.2, 0.25) is 0 Å². The lowest BCUT2D eigenvalue weighted by atomic mass is 10.1. The van der Waals surface area contributed by atoms with E-state index in [0.29, 0.717) is 5.56 Å². The molecule has 6 heteroatoms. The van der Waals surface area contributed by atoms with Crippen LogP contribution >= 0.6 is 0 Å². The van der Waals surface area contributed by atoms with Crippen LogP contribution in [-0.2, 0) is 11.3 Å². The number of nitrogens with zero attached hydrogens (tertiary/aromatic N) is 1. The molecule has 1 heterocycles. The number of methoxy groups -OCH3 is 1. The Morgan fingerprint density at radius 3 is 2.73 bits per heavy atom. The number of rotatable bonds is 4. The minimum Gasteiger partial charge on any atom is -0.478 e. The summed E-state index contributed by atoms with van der Waals surface area (Å²) >= 11 is 0. The van der Waals surface area contributed by atoms with Crippen molar-refractivity contribution in [2.75, 3.05) is 7.11 Å². The molecule has 6 nitrogen and oxygen atoms in total. The van der Waals surface area contributed by atoms with Crippen LogP contribution in [0.3, 0.4) is 0 Å². The van der Waals surface area contributed by atoms with Gasteiger partial charge in [-0.15, -0.1) is 0 Å². The third-order valence-corrected chi connectivity index (χ3v) is 1.72. The van der Waals surface area contributed by atoms with E-state index in [1.165, 1.54) is 19.4 Å². The molecule has 0 unspecified atom stereocenters. The number of aromatic carboxylic acids is 1. The molecular formula is C9H10N2O4. The van der Waals surface area contributed by atoms with Crippen LogP contribution in [0.1, 0.15) is 26.4 Å². The van der Waals surface area contributed by atoms with Crippen molar-refractivity contribution in [3.8, 4) is 0 Å². The van der Waals surface area contributed by atoms with Gasteiger partial charge in [-0.05, 0) is 11.6 Å². The average molecular weight is 210 g/mol. The molecule has 0 bridgehead atoms. The second-order valence-corrected chi connectivity index (χ2v) is 2.84. The third kappa shape index (κ3) is 2.50. The molecule has 0 saturated carbocycles. The molecule has 0 spiro atoms. The highest BCUT2D eigenvalue weighted by Crippen LogP contribution is 2.09. The molecule has 0 aliphatic heterocycles. The van der Waals surface area contributed by atoms with Crippen molar-refractivity contribution in [1.82, 2.24) is 4.98 Å². The first-order chi connectivity index (χ1) is 7.06. The maximum atomic E-state index is 10.9. The average Bonchev–Trinajstić information content (AvgIpc) is 2.17. The number of carbonyl (C=O) groups excluding carboxylic acids is 1.